The molecule has 7 heteroatoms. The molecule has 0 saturated carbocycles. The number of carbonyl (C=O) groups excluding carboxylic acids is 2. The monoisotopic (exact) mass is 216 g/mol. The van der Waals surface area contributed by atoms with Crippen molar-refractivity contribution in [3.63, 3.8) is 0 Å². The zero-order chi connectivity index (χ0) is 11.4. The number of carboxylic acids is 1. The summed E-state index contributed by atoms with van der Waals surface area (Å²) < 4.78 is 4.72. The van der Waals surface area contributed by atoms with Crippen molar-refractivity contribution in [1.29, 1.82) is 0 Å². The maximum atomic E-state index is 11.0. The second-order valence-corrected chi connectivity index (χ2v) is 3.19. The molecule has 2 N–H and O–H groups in total. The number of imide groups is 1. The molecule has 15 heavy (non-hydrogen) atoms. The molecule has 0 spiro atoms. The molecule has 1 aliphatic heterocycles. The van der Waals surface area contributed by atoms with Gasteiger partial charge < -0.3 is 9.84 Å². The molecular formula is C8H12N2O5. The van der Waals surface area contributed by atoms with Crippen LogP contribution in [0.1, 0.15) is 0 Å². The van der Waals surface area contributed by atoms with Gasteiger partial charge in [-0.2, -0.15) is 0 Å². The van der Waals surface area contributed by atoms with E-state index in [0.717, 1.165) is 0 Å². The molecule has 0 aromatic carbocycles. The largest absolute Gasteiger partial charge is 0.480 e. The molecule has 0 radical (unpaired) electrons. The molecule has 0 bridgehead atoms. The molecule has 1 atom stereocenters. The lowest BCUT2D eigenvalue weighted by atomic mass is 10.2. The van der Waals surface area contributed by atoms with Crippen LogP contribution in [0.25, 0.3) is 0 Å². The van der Waals surface area contributed by atoms with Gasteiger partial charge in [0, 0.05) is 7.11 Å². The molecule has 1 unspecified atom stereocenters. The average Bonchev–Trinajstić information content (AvgIpc) is 2.11. The van der Waals surface area contributed by atoms with Gasteiger partial charge in [-0.1, -0.05) is 0 Å². The maximum absolute atomic E-state index is 11.0. The molecule has 2 amide bonds. The summed E-state index contributed by atoms with van der Waals surface area (Å²) in [5.41, 5.74) is 0. The van der Waals surface area contributed by atoms with E-state index in [2.05, 4.69) is 5.32 Å². The Hall–Kier alpha value is -1.47. The van der Waals surface area contributed by atoms with E-state index in [4.69, 9.17) is 9.84 Å². The number of carboxylic acid groups (broad SMARTS) is 1. The molecule has 0 aliphatic carbocycles. The SMILES string of the molecule is COCC(C(=O)O)N1CC(=O)NC(=O)C1. The summed E-state index contributed by atoms with van der Waals surface area (Å²) >= 11 is 0. The van der Waals surface area contributed by atoms with Gasteiger partial charge in [-0.15, -0.1) is 0 Å². The van der Waals surface area contributed by atoms with Crippen LogP contribution in [-0.4, -0.2) is 60.6 Å². The quantitative estimate of drug-likeness (QED) is 0.530. The van der Waals surface area contributed by atoms with Crippen molar-refractivity contribution in [1.82, 2.24) is 10.2 Å². The summed E-state index contributed by atoms with van der Waals surface area (Å²) in [7, 11) is 1.36. The fourth-order valence-corrected chi connectivity index (χ4v) is 1.37. The van der Waals surface area contributed by atoms with Crippen LogP contribution in [-0.2, 0) is 19.1 Å². The van der Waals surface area contributed by atoms with E-state index in [0.29, 0.717) is 0 Å². The van der Waals surface area contributed by atoms with Crippen LogP contribution in [0.5, 0.6) is 0 Å². The third-order valence-corrected chi connectivity index (χ3v) is 2.02. The highest BCUT2D eigenvalue weighted by Crippen LogP contribution is 2.03. The number of carbonyl (C=O) groups is 3. The predicted molar refractivity (Wildman–Crippen MR) is 48.0 cm³/mol. The second kappa shape index (κ2) is 4.85. The molecular weight excluding hydrogens is 204 g/mol. The van der Waals surface area contributed by atoms with Crippen molar-refractivity contribution in [3.05, 3.63) is 0 Å². The summed E-state index contributed by atoms with van der Waals surface area (Å²) in [5, 5.41) is 11.0. The van der Waals surface area contributed by atoms with Crippen molar-refractivity contribution >= 4 is 17.8 Å². The summed E-state index contributed by atoms with van der Waals surface area (Å²) in [4.78, 5) is 34.1. The van der Waals surface area contributed by atoms with E-state index in [1.165, 1.54) is 12.0 Å². The number of nitrogens with one attached hydrogen (secondary N) is 1. The molecule has 1 fully saturated rings. The molecule has 84 valence electrons. The lowest BCUT2D eigenvalue weighted by molar-refractivity contribution is -0.148. The highest BCUT2D eigenvalue weighted by Gasteiger charge is 2.32. The highest BCUT2D eigenvalue weighted by molar-refractivity contribution is 5.99. The van der Waals surface area contributed by atoms with E-state index in [-0.39, 0.29) is 19.7 Å². The van der Waals surface area contributed by atoms with Gasteiger partial charge in [-0.05, 0) is 0 Å². The maximum Gasteiger partial charge on any atom is 0.323 e. The number of rotatable bonds is 4. The fraction of sp³-hybridized carbons (Fsp3) is 0.625. The Balaban J connectivity index is 2.70. The lowest BCUT2D eigenvalue weighted by Crippen LogP contribution is -2.57. The van der Waals surface area contributed by atoms with Crippen molar-refractivity contribution in [2.75, 3.05) is 26.8 Å². The minimum Gasteiger partial charge on any atom is -0.480 e. The standard InChI is InChI=1S/C8H12N2O5/c1-15-4-5(8(13)14)10-2-6(11)9-7(12)3-10/h5H,2-4H2,1H3,(H,13,14)(H,9,11,12). The Bertz CT molecular complexity index is 275. The van der Waals surface area contributed by atoms with Crippen molar-refractivity contribution < 1.29 is 24.2 Å². The van der Waals surface area contributed by atoms with E-state index >= 15 is 0 Å². The number of ether oxygens (including phenoxy) is 1. The van der Waals surface area contributed by atoms with Crippen LogP contribution in [0.3, 0.4) is 0 Å². The second-order valence-electron chi connectivity index (χ2n) is 3.19. The van der Waals surface area contributed by atoms with Gasteiger partial charge in [0.1, 0.15) is 6.04 Å². The van der Waals surface area contributed by atoms with E-state index in [9.17, 15) is 14.4 Å². The Morgan fingerprint density at radius 1 is 1.53 bits per heavy atom. The topological polar surface area (TPSA) is 95.9 Å². The summed E-state index contributed by atoms with van der Waals surface area (Å²) in [6.45, 7) is -0.270. The fourth-order valence-electron chi connectivity index (χ4n) is 1.37. The molecule has 1 saturated heterocycles. The van der Waals surface area contributed by atoms with Crippen LogP contribution >= 0.6 is 0 Å². The molecule has 0 aromatic heterocycles. The first-order chi connectivity index (χ1) is 7.04. The normalized spacial score (nSPS) is 19.8. The Labute approximate surface area is 86.0 Å². The first-order valence-corrected chi connectivity index (χ1v) is 4.33. The number of hydrogen-bond donors (Lipinski definition) is 2. The first kappa shape index (κ1) is 11.6. The van der Waals surface area contributed by atoms with Crippen LogP contribution in [0.4, 0.5) is 0 Å². The smallest absolute Gasteiger partial charge is 0.323 e. The third-order valence-electron chi connectivity index (χ3n) is 2.02. The van der Waals surface area contributed by atoms with Gasteiger partial charge >= 0.3 is 5.97 Å². The number of methoxy groups -OCH3 is 1. The minimum atomic E-state index is -1.11. The van der Waals surface area contributed by atoms with Crippen molar-refractivity contribution in [2.24, 2.45) is 0 Å². The average molecular weight is 216 g/mol. The van der Waals surface area contributed by atoms with Gasteiger partial charge in [0.25, 0.3) is 0 Å². The number of nitrogens with zero attached hydrogens (tertiary/aromatic N) is 1. The van der Waals surface area contributed by atoms with E-state index < -0.39 is 23.8 Å². The highest BCUT2D eigenvalue weighted by atomic mass is 16.5. The number of piperazine rings is 1. The number of hydrogen-bond acceptors (Lipinski definition) is 5. The molecule has 0 aromatic rings. The van der Waals surface area contributed by atoms with Gasteiger partial charge in [-0.3, -0.25) is 24.6 Å². The number of aliphatic carboxylic acids is 1. The predicted octanol–water partition coefficient (Wildman–Crippen LogP) is -1.96. The summed E-state index contributed by atoms with van der Waals surface area (Å²) in [5.74, 6) is -2.10. The molecule has 1 heterocycles. The Morgan fingerprint density at radius 3 is 2.47 bits per heavy atom. The Morgan fingerprint density at radius 2 is 2.07 bits per heavy atom. The third kappa shape index (κ3) is 3.00. The number of amides is 2. The molecule has 7 nitrogen and oxygen atoms in total. The first-order valence-electron chi connectivity index (χ1n) is 4.33. The van der Waals surface area contributed by atoms with Gasteiger partial charge in [-0.25, -0.2) is 0 Å². The van der Waals surface area contributed by atoms with E-state index in [1.807, 2.05) is 0 Å². The zero-order valence-electron chi connectivity index (χ0n) is 8.23. The summed E-state index contributed by atoms with van der Waals surface area (Å²) in [6.07, 6.45) is 0. The minimum absolute atomic E-state index is 0.0596. The van der Waals surface area contributed by atoms with Crippen molar-refractivity contribution in [2.45, 2.75) is 6.04 Å². The molecule has 1 rings (SSSR count). The van der Waals surface area contributed by atoms with Gasteiger partial charge in [0.15, 0.2) is 0 Å². The van der Waals surface area contributed by atoms with E-state index in [1.54, 1.807) is 0 Å². The van der Waals surface area contributed by atoms with Crippen LogP contribution < -0.4 is 5.32 Å². The Kier molecular flexibility index (Phi) is 3.75. The lowest BCUT2D eigenvalue weighted by Gasteiger charge is -2.29. The van der Waals surface area contributed by atoms with Crippen molar-refractivity contribution in [3.8, 4) is 0 Å². The van der Waals surface area contributed by atoms with Gasteiger partial charge in [0.05, 0.1) is 19.7 Å². The van der Waals surface area contributed by atoms with Crippen LogP contribution in [0, 0.1) is 0 Å². The zero-order valence-corrected chi connectivity index (χ0v) is 8.23. The summed E-state index contributed by atoms with van der Waals surface area (Å²) in [6, 6.07) is -0.968. The molecule has 1 aliphatic rings. The van der Waals surface area contributed by atoms with Gasteiger partial charge in [0.2, 0.25) is 11.8 Å². The van der Waals surface area contributed by atoms with Crippen LogP contribution in [0.2, 0.25) is 0 Å². The van der Waals surface area contributed by atoms with Crippen LogP contribution in [0.15, 0.2) is 0 Å².